The molecule has 1 atom stereocenters. The number of carbonyl (C=O) groups is 1. The number of nitrogens with zero attached hydrogens (tertiary/aromatic N) is 1. The van der Waals surface area contributed by atoms with E-state index in [1.54, 1.807) is 42.5 Å². The fourth-order valence-corrected chi connectivity index (χ4v) is 2.69. The van der Waals surface area contributed by atoms with Gasteiger partial charge in [0.15, 0.2) is 11.5 Å². The lowest BCUT2D eigenvalue weighted by Crippen LogP contribution is -2.67. The van der Waals surface area contributed by atoms with E-state index in [0.717, 1.165) is 5.56 Å². The highest BCUT2D eigenvalue weighted by Gasteiger charge is 2.20. The molecule has 0 saturated carbocycles. The lowest BCUT2D eigenvalue weighted by molar-refractivity contribution is -0.412. The molecular formula is C20H19ClN3O5+. The molecular weight excluding hydrogens is 398 g/mol. The van der Waals surface area contributed by atoms with Crippen molar-refractivity contribution in [3.63, 3.8) is 0 Å². The molecule has 0 saturated heterocycles. The summed E-state index contributed by atoms with van der Waals surface area (Å²) in [5.41, 5.74) is 5.36. The highest BCUT2D eigenvalue weighted by atomic mass is 35.5. The molecule has 0 aliphatic rings. The number of quaternary nitrogens is 1. The van der Waals surface area contributed by atoms with Crippen molar-refractivity contribution in [2.45, 2.75) is 6.04 Å². The van der Waals surface area contributed by atoms with Gasteiger partial charge in [0.25, 0.3) is 0 Å². The van der Waals surface area contributed by atoms with Gasteiger partial charge in [-0.3, -0.25) is 0 Å². The van der Waals surface area contributed by atoms with E-state index in [2.05, 4.69) is 15.7 Å². The summed E-state index contributed by atoms with van der Waals surface area (Å²) in [5.74, 6) is -0.236. The van der Waals surface area contributed by atoms with Gasteiger partial charge in [-0.1, -0.05) is 23.7 Å². The van der Waals surface area contributed by atoms with Gasteiger partial charge >= 0.3 is 11.7 Å². The van der Waals surface area contributed by atoms with Crippen LogP contribution >= 0.6 is 11.6 Å². The number of carbonyl (C=O) groups excluding carboxylic acids is 1. The van der Waals surface area contributed by atoms with Crippen molar-refractivity contribution in [3.8, 4) is 34.0 Å². The molecule has 9 heteroatoms. The first-order valence-corrected chi connectivity index (χ1v) is 9.00. The summed E-state index contributed by atoms with van der Waals surface area (Å²) in [6, 6.07) is 12.6. The Labute approximate surface area is 170 Å². The summed E-state index contributed by atoms with van der Waals surface area (Å²) in [7, 11) is 1.43. The SMILES string of the molecule is COc1cc(-c2cc(-c3ccc(Cl)cc3)[nH]c(=O)n2)ccc1OC(=O)[C@H]([NH3+])CO. The van der Waals surface area contributed by atoms with E-state index in [0.29, 0.717) is 22.0 Å². The van der Waals surface area contributed by atoms with Gasteiger partial charge in [-0.15, -0.1) is 0 Å². The number of hydrogen-bond acceptors (Lipinski definition) is 6. The molecule has 8 nitrogen and oxygen atoms in total. The van der Waals surface area contributed by atoms with Crippen LogP contribution in [-0.4, -0.2) is 40.8 Å². The molecule has 0 amide bonds. The highest BCUT2D eigenvalue weighted by Crippen LogP contribution is 2.32. The number of aromatic amines is 1. The monoisotopic (exact) mass is 416 g/mol. The Morgan fingerprint density at radius 1 is 1.17 bits per heavy atom. The maximum Gasteiger partial charge on any atom is 0.372 e. The molecule has 0 radical (unpaired) electrons. The summed E-state index contributed by atoms with van der Waals surface area (Å²) < 4.78 is 10.5. The number of methoxy groups -OCH3 is 1. The summed E-state index contributed by atoms with van der Waals surface area (Å²) in [6.45, 7) is -0.427. The molecule has 3 rings (SSSR count). The van der Waals surface area contributed by atoms with Crippen LogP contribution in [0.15, 0.2) is 53.3 Å². The first-order chi connectivity index (χ1) is 13.9. The van der Waals surface area contributed by atoms with E-state index in [1.165, 1.54) is 13.2 Å². The number of ether oxygens (including phenoxy) is 2. The number of hydrogen-bond donors (Lipinski definition) is 3. The lowest BCUT2D eigenvalue weighted by atomic mass is 10.1. The Balaban J connectivity index is 1.97. The van der Waals surface area contributed by atoms with E-state index in [-0.39, 0.29) is 11.5 Å². The summed E-state index contributed by atoms with van der Waals surface area (Å²) >= 11 is 5.92. The average Bonchev–Trinajstić information content (AvgIpc) is 2.73. The van der Waals surface area contributed by atoms with Crippen LogP contribution in [0.25, 0.3) is 22.5 Å². The second-order valence-corrected chi connectivity index (χ2v) is 6.59. The molecule has 150 valence electrons. The van der Waals surface area contributed by atoms with Crippen molar-refractivity contribution in [2.24, 2.45) is 0 Å². The van der Waals surface area contributed by atoms with Crippen molar-refractivity contribution < 1.29 is 25.1 Å². The third-order valence-corrected chi connectivity index (χ3v) is 4.38. The zero-order valence-electron chi connectivity index (χ0n) is 15.5. The number of aliphatic hydroxyl groups excluding tert-OH is 1. The number of aromatic nitrogens is 2. The number of esters is 1. The number of H-pyrrole nitrogens is 1. The first-order valence-electron chi connectivity index (χ1n) is 8.62. The van der Waals surface area contributed by atoms with Crippen molar-refractivity contribution >= 4 is 17.6 Å². The molecule has 1 aromatic heterocycles. The minimum atomic E-state index is -0.907. The van der Waals surface area contributed by atoms with Crippen molar-refractivity contribution in [1.82, 2.24) is 9.97 Å². The fourth-order valence-electron chi connectivity index (χ4n) is 2.57. The van der Waals surface area contributed by atoms with Crippen molar-refractivity contribution in [1.29, 1.82) is 0 Å². The van der Waals surface area contributed by atoms with Crippen molar-refractivity contribution in [2.75, 3.05) is 13.7 Å². The third kappa shape index (κ3) is 4.80. The predicted molar refractivity (Wildman–Crippen MR) is 107 cm³/mol. The Bertz CT molecular complexity index is 1080. The Morgan fingerprint density at radius 3 is 2.52 bits per heavy atom. The number of rotatable bonds is 6. The summed E-state index contributed by atoms with van der Waals surface area (Å²) in [4.78, 5) is 30.7. The van der Waals surface area contributed by atoms with E-state index < -0.39 is 24.3 Å². The Hall–Kier alpha value is -3.20. The van der Waals surface area contributed by atoms with Crippen LogP contribution in [0.3, 0.4) is 0 Å². The molecule has 1 heterocycles. The normalized spacial score (nSPS) is 11.7. The Morgan fingerprint density at radius 2 is 1.86 bits per heavy atom. The predicted octanol–water partition coefficient (Wildman–Crippen LogP) is 1.27. The van der Waals surface area contributed by atoms with Crippen molar-refractivity contribution in [3.05, 3.63) is 64.0 Å². The highest BCUT2D eigenvalue weighted by molar-refractivity contribution is 6.30. The quantitative estimate of drug-likeness (QED) is 0.410. The topological polar surface area (TPSA) is 129 Å². The van der Waals surface area contributed by atoms with E-state index in [1.807, 2.05) is 0 Å². The van der Waals surface area contributed by atoms with E-state index >= 15 is 0 Å². The molecule has 0 spiro atoms. The molecule has 29 heavy (non-hydrogen) atoms. The zero-order chi connectivity index (χ0) is 21.0. The average molecular weight is 417 g/mol. The third-order valence-electron chi connectivity index (χ3n) is 4.12. The summed E-state index contributed by atoms with van der Waals surface area (Å²) in [6.07, 6.45) is 0. The number of benzene rings is 2. The van der Waals surface area contributed by atoms with Gasteiger partial charge in [-0.25, -0.2) is 9.59 Å². The molecule has 0 bridgehead atoms. The molecule has 0 aliphatic heterocycles. The van der Waals surface area contributed by atoms with Gasteiger partial charge in [0.05, 0.1) is 18.5 Å². The van der Waals surface area contributed by atoms with Crippen LogP contribution in [0.2, 0.25) is 5.02 Å². The minimum absolute atomic E-state index is 0.172. The van der Waals surface area contributed by atoms with Crippen LogP contribution in [0.1, 0.15) is 0 Å². The molecule has 5 N–H and O–H groups in total. The molecule has 0 aliphatic carbocycles. The van der Waals surface area contributed by atoms with Gasteiger partial charge in [0.1, 0.15) is 6.61 Å². The van der Waals surface area contributed by atoms with Gasteiger partial charge in [0.2, 0.25) is 6.04 Å². The second kappa shape index (κ2) is 8.87. The van der Waals surface area contributed by atoms with Crippen LogP contribution in [0.4, 0.5) is 0 Å². The zero-order valence-corrected chi connectivity index (χ0v) is 16.3. The van der Waals surface area contributed by atoms with Gasteiger partial charge in [0, 0.05) is 10.6 Å². The van der Waals surface area contributed by atoms with Gasteiger partial charge in [-0.2, -0.15) is 4.98 Å². The number of aliphatic hydroxyl groups is 1. The van der Waals surface area contributed by atoms with E-state index in [4.69, 9.17) is 26.2 Å². The smallest absolute Gasteiger partial charge is 0.372 e. The fraction of sp³-hybridized carbons (Fsp3) is 0.150. The second-order valence-electron chi connectivity index (χ2n) is 6.16. The van der Waals surface area contributed by atoms with E-state index in [9.17, 15) is 9.59 Å². The van der Waals surface area contributed by atoms with Gasteiger partial charge in [-0.05, 0) is 42.0 Å². The van der Waals surface area contributed by atoms with Crippen LogP contribution in [-0.2, 0) is 4.79 Å². The van der Waals surface area contributed by atoms with Gasteiger partial charge < -0.3 is 25.3 Å². The number of halogens is 1. The van der Waals surface area contributed by atoms with Crippen LogP contribution in [0, 0.1) is 0 Å². The standard InChI is InChI=1S/C20H18ClN3O5/c1-28-18-8-12(4-7-17(18)29-19(26)14(22)10-25)16-9-15(23-20(27)24-16)11-2-5-13(21)6-3-11/h2-9,14,25H,10,22H2,1H3,(H,23,24,27)/p+1/t14-/m1/s1. The largest absolute Gasteiger partial charge is 0.493 e. The minimum Gasteiger partial charge on any atom is -0.493 e. The first kappa shape index (κ1) is 20.5. The molecule has 0 fully saturated rings. The summed E-state index contributed by atoms with van der Waals surface area (Å²) in [5, 5.41) is 9.61. The molecule has 3 aromatic rings. The maximum absolute atomic E-state index is 12.1. The number of nitrogens with one attached hydrogen (secondary N) is 1. The molecule has 0 unspecified atom stereocenters. The van der Waals surface area contributed by atoms with Crippen LogP contribution < -0.4 is 20.9 Å². The Kier molecular flexibility index (Phi) is 6.28. The lowest BCUT2D eigenvalue weighted by Gasteiger charge is -2.12. The molecule has 2 aromatic carbocycles. The maximum atomic E-state index is 12.1. The van der Waals surface area contributed by atoms with Crippen LogP contribution in [0.5, 0.6) is 11.5 Å².